The summed E-state index contributed by atoms with van der Waals surface area (Å²) in [5.41, 5.74) is -1.18. The van der Waals surface area contributed by atoms with Gasteiger partial charge in [-0.25, -0.2) is 4.79 Å². The number of nitrogens with zero attached hydrogens (tertiary/aromatic N) is 1. The van der Waals surface area contributed by atoms with E-state index in [1.165, 1.54) is 0 Å². The van der Waals surface area contributed by atoms with Crippen LogP contribution in [0.4, 0.5) is 4.79 Å². The zero-order valence-electron chi connectivity index (χ0n) is 10.9. The minimum Gasteiger partial charge on any atom is -0.444 e. The maximum atomic E-state index is 12.1. The van der Waals surface area contributed by atoms with Gasteiger partial charge in [-0.05, 0) is 20.8 Å². The summed E-state index contributed by atoms with van der Waals surface area (Å²) in [6.45, 7) is 14.4. The van der Waals surface area contributed by atoms with E-state index in [0.29, 0.717) is 19.8 Å². The predicted octanol–water partition coefficient (Wildman–Crippen LogP) is 2.36. The molecular formula is C13H21NO3. The molecule has 0 radical (unpaired) electrons. The van der Waals surface area contributed by atoms with E-state index in [9.17, 15) is 4.79 Å². The molecule has 0 atom stereocenters. The van der Waals surface area contributed by atoms with Crippen molar-refractivity contribution in [2.24, 2.45) is 0 Å². The number of hydrogen-bond donors (Lipinski definition) is 0. The number of rotatable bonds is 2. The summed E-state index contributed by atoms with van der Waals surface area (Å²) in [6.07, 6.45) is 2.98. The second-order valence-electron chi connectivity index (χ2n) is 5.08. The molecule has 0 unspecified atom stereocenters. The van der Waals surface area contributed by atoms with E-state index < -0.39 is 11.1 Å². The van der Waals surface area contributed by atoms with Crippen LogP contribution in [-0.2, 0) is 9.47 Å². The van der Waals surface area contributed by atoms with Gasteiger partial charge in [0.1, 0.15) is 11.1 Å². The minimum atomic E-state index is -0.666. The highest BCUT2D eigenvalue weighted by Crippen LogP contribution is 2.25. The van der Waals surface area contributed by atoms with Gasteiger partial charge in [0.05, 0.1) is 13.2 Å². The number of amides is 1. The molecule has 1 rings (SSSR count). The fourth-order valence-corrected chi connectivity index (χ4v) is 1.68. The number of carbonyl (C=O) groups excluding carboxylic acids is 1. The molecular weight excluding hydrogens is 218 g/mol. The van der Waals surface area contributed by atoms with Crippen LogP contribution in [0.3, 0.4) is 0 Å². The first-order valence-corrected chi connectivity index (χ1v) is 5.70. The lowest BCUT2D eigenvalue weighted by atomic mass is 9.97. The molecule has 1 heterocycles. The molecule has 1 fully saturated rings. The Morgan fingerprint density at radius 2 is 2.00 bits per heavy atom. The summed E-state index contributed by atoms with van der Waals surface area (Å²) in [5, 5.41) is 0. The molecule has 0 aromatic heterocycles. The lowest BCUT2D eigenvalue weighted by molar-refractivity contribution is -0.0422. The minimum absolute atomic E-state index is 0.361. The molecule has 0 aromatic carbocycles. The lowest BCUT2D eigenvalue weighted by Crippen LogP contribution is -2.57. The van der Waals surface area contributed by atoms with Crippen molar-refractivity contribution in [2.75, 3.05) is 19.8 Å². The Balaban J connectivity index is 2.88. The molecule has 0 N–H and O–H groups in total. The molecule has 4 heteroatoms. The lowest BCUT2D eigenvalue weighted by Gasteiger charge is -2.43. The predicted molar refractivity (Wildman–Crippen MR) is 66.9 cm³/mol. The molecule has 96 valence electrons. The highest BCUT2D eigenvalue weighted by atomic mass is 16.6. The van der Waals surface area contributed by atoms with Crippen molar-refractivity contribution in [3.63, 3.8) is 0 Å². The number of ether oxygens (including phenoxy) is 2. The van der Waals surface area contributed by atoms with Crippen LogP contribution in [-0.4, -0.2) is 41.9 Å². The summed E-state index contributed by atoms with van der Waals surface area (Å²) < 4.78 is 10.8. The Morgan fingerprint density at radius 1 is 1.41 bits per heavy atom. The van der Waals surface area contributed by atoms with Gasteiger partial charge in [-0.15, -0.1) is 13.2 Å². The molecule has 0 saturated carbocycles. The quantitative estimate of drug-likeness (QED) is 0.694. The van der Waals surface area contributed by atoms with E-state index in [-0.39, 0.29) is 6.09 Å². The van der Waals surface area contributed by atoms with Crippen molar-refractivity contribution in [1.29, 1.82) is 0 Å². The van der Waals surface area contributed by atoms with Crippen molar-refractivity contribution < 1.29 is 14.3 Å². The second-order valence-corrected chi connectivity index (χ2v) is 5.08. The molecule has 0 aliphatic carbocycles. The Hall–Kier alpha value is -1.29. The second kappa shape index (κ2) is 4.92. The van der Waals surface area contributed by atoms with Crippen molar-refractivity contribution in [2.45, 2.75) is 31.9 Å². The first-order valence-electron chi connectivity index (χ1n) is 5.70. The zero-order chi connectivity index (χ0) is 13.1. The molecule has 0 bridgehead atoms. The molecule has 1 amide bonds. The number of hydrogen-bond acceptors (Lipinski definition) is 3. The van der Waals surface area contributed by atoms with Gasteiger partial charge in [0.2, 0.25) is 0 Å². The summed E-state index contributed by atoms with van der Waals surface area (Å²) in [5.74, 6) is 0. The van der Waals surface area contributed by atoms with Crippen molar-refractivity contribution in [3.8, 4) is 0 Å². The summed E-state index contributed by atoms with van der Waals surface area (Å²) in [4.78, 5) is 13.7. The molecule has 0 spiro atoms. The van der Waals surface area contributed by atoms with E-state index in [4.69, 9.17) is 9.47 Å². The van der Waals surface area contributed by atoms with Gasteiger partial charge < -0.3 is 9.47 Å². The highest BCUT2D eigenvalue weighted by Gasteiger charge is 2.39. The smallest absolute Gasteiger partial charge is 0.411 e. The Kier molecular flexibility index (Phi) is 3.98. The summed E-state index contributed by atoms with van der Waals surface area (Å²) in [7, 11) is 0. The number of carbonyl (C=O) groups is 1. The topological polar surface area (TPSA) is 38.8 Å². The van der Waals surface area contributed by atoms with E-state index >= 15 is 0 Å². The molecule has 1 saturated heterocycles. The van der Waals surface area contributed by atoms with Crippen LogP contribution in [0.5, 0.6) is 0 Å². The van der Waals surface area contributed by atoms with Crippen molar-refractivity contribution in [3.05, 3.63) is 25.3 Å². The van der Waals surface area contributed by atoms with Gasteiger partial charge in [0.25, 0.3) is 0 Å². The third kappa shape index (κ3) is 3.09. The van der Waals surface area contributed by atoms with E-state index in [0.717, 1.165) is 0 Å². The Bertz CT molecular complexity index is 309. The van der Waals surface area contributed by atoms with Crippen LogP contribution in [0.15, 0.2) is 25.3 Å². The van der Waals surface area contributed by atoms with Crippen LogP contribution in [0.25, 0.3) is 0 Å². The summed E-state index contributed by atoms with van der Waals surface area (Å²) >= 11 is 0. The maximum absolute atomic E-state index is 12.1. The average molecular weight is 239 g/mol. The van der Waals surface area contributed by atoms with Crippen LogP contribution in [0, 0.1) is 0 Å². The van der Waals surface area contributed by atoms with Gasteiger partial charge >= 0.3 is 6.09 Å². The van der Waals surface area contributed by atoms with E-state index in [1.54, 1.807) is 17.1 Å². The number of morpholine rings is 1. The third-order valence-corrected chi connectivity index (χ3v) is 2.62. The van der Waals surface area contributed by atoms with Crippen LogP contribution < -0.4 is 0 Å². The van der Waals surface area contributed by atoms with Gasteiger partial charge in [0, 0.05) is 6.54 Å². The third-order valence-electron chi connectivity index (χ3n) is 2.62. The zero-order valence-corrected chi connectivity index (χ0v) is 10.9. The molecule has 17 heavy (non-hydrogen) atoms. The normalized spacial score (nSPS) is 19.6. The fraction of sp³-hybridized carbons (Fsp3) is 0.615. The Morgan fingerprint density at radius 3 is 2.47 bits per heavy atom. The maximum Gasteiger partial charge on any atom is 0.411 e. The average Bonchev–Trinajstić information content (AvgIpc) is 2.26. The first kappa shape index (κ1) is 13.8. The van der Waals surface area contributed by atoms with E-state index in [1.807, 2.05) is 20.8 Å². The van der Waals surface area contributed by atoms with E-state index in [2.05, 4.69) is 13.2 Å². The first-order chi connectivity index (χ1) is 7.84. The Labute approximate surface area is 103 Å². The molecule has 4 nitrogen and oxygen atoms in total. The monoisotopic (exact) mass is 239 g/mol. The van der Waals surface area contributed by atoms with Gasteiger partial charge in [-0.1, -0.05) is 12.2 Å². The summed E-state index contributed by atoms with van der Waals surface area (Å²) in [6, 6.07) is 0. The standard InChI is InChI=1S/C13H21NO3/c1-6-13(7-2)10-16-9-8-14(13)11(15)17-12(3,4)5/h6-7H,1-2,8-10H2,3-5H3. The molecule has 1 aliphatic heterocycles. The largest absolute Gasteiger partial charge is 0.444 e. The van der Waals surface area contributed by atoms with Crippen molar-refractivity contribution in [1.82, 2.24) is 4.90 Å². The van der Waals surface area contributed by atoms with Gasteiger partial charge in [0.15, 0.2) is 0 Å². The van der Waals surface area contributed by atoms with Gasteiger partial charge in [-0.3, -0.25) is 4.90 Å². The molecule has 1 aliphatic rings. The van der Waals surface area contributed by atoms with Crippen LogP contribution in [0.2, 0.25) is 0 Å². The highest BCUT2D eigenvalue weighted by molar-refractivity contribution is 5.70. The van der Waals surface area contributed by atoms with Crippen LogP contribution >= 0.6 is 0 Å². The SMILES string of the molecule is C=CC1(C=C)COCCN1C(=O)OC(C)(C)C. The van der Waals surface area contributed by atoms with Crippen LogP contribution in [0.1, 0.15) is 20.8 Å². The molecule has 0 aromatic rings. The fourth-order valence-electron chi connectivity index (χ4n) is 1.68. The van der Waals surface area contributed by atoms with Gasteiger partial charge in [-0.2, -0.15) is 0 Å². The van der Waals surface area contributed by atoms with Crippen molar-refractivity contribution >= 4 is 6.09 Å².